The van der Waals surface area contributed by atoms with Gasteiger partial charge in [0.2, 0.25) is 0 Å². The summed E-state index contributed by atoms with van der Waals surface area (Å²) in [5, 5.41) is 13.1. The van der Waals surface area contributed by atoms with Gasteiger partial charge in [-0.25, -0.2) is 9.82 Å². The smallest absolute Gasteiger partial charge is 0.274 e. The minimum Gasteiger partial charge on any atom is -0.486 e. The number of nitrogens with zero attached hydrogens (tertiary/aromatic N) is 2. The number of nitrogens with one attached hydrogen (secondary N) is 1. The van der Waals surface area contributed by atoms with E-state index in [-0.39, 0.29) is 21.2 Å². The first-order chi connectivity index (χ1) is 14.9. The third-order valence-corrected chi connectivity index (χ3v) is 4.81. The van der Waals surface area contributed by atoms with Gasteiger partial charge in [0, 0.05) is 0 Å². The molecule has 1 amide bonds. The molecule has 3 aromatic carbocycles. The number of hydrogen-bond donors (Lipinski definition) is 1. The molecule has 31 heavy (non-hydrogen) atoms. The van der Waals surface area contributed by atoms with Crippen molar-refractivity contribution < 1.29 is 13.9 Å². The third kappa shape index (κ3) is 5.82. The van der Waals surface area contributed by atoms with E-state index in [4.69, 9.17) is 33.2 Å². The van der Waals surface area contributed by atoms with Crippen LogP contribution in [0.4, 0.5) is 4.39 Å². The van der Waals surface area contributed by atoms with Gasteiger partial charge in [-0.1, -0.05) is 53.0 Å². The minimum absolute atomic E-state index is 0.117. The van der Waals surface area contributed by atoms with E-state index in [2.05, 4.69) is 10.5 Å². The predicted molar refractivity (Wildman–Crippen MR) is 118 cm³/mol. The number of benzene rings is 3. The number of ether oxygens (including phenoxy) is 1. The lowest BCUT2D eigenvalue weighted by Gasteiger charge is -2.11. The number of nitriles is 1. The molecule has 0 saturated carbocycles. The number of carbonyl (C=O) groups is 1. The Labute approximate surface area is 188 Å². The molecule has 3 aromatic rings. The van der Waals surface area contributed by atoms with Gasteiger partial charge in [0.05, 0.1) is 33.5 Å². The van der Waals surface area contributed by atoms with Crippen LogP contribution >= 0.6 is 23.2 Å². The summed E-state index contributed by atoms with van der Waals surface area (Å²) in [4.78, 5) is 12.1. The van der Waals surface area contributed by atoms with E-state index in [0.717, 1.165) is 17.2 Å². The van der Waals surface area contributed by atoms with Crippen LogP contribution in [0, 0.1) is 24.1 Å². The Morgan fingerprint density at radius 2 is 1.84 bits per heavy atom. The monoisotopic (exact) mass is 455 g/mol. The van der Waals surface area contributed by atoms with Crippen LogP contribution in [-0.2, 0) is 6.61 Å². The van der Waals surface area contributed by atoms with Crippen molar-refractivity contribution in [1.29, 1.82) is 5.26 Å². The second-order valence-corrected chi connectivity index (χ2v) is 7.41. The number of halogens is 3. The van der Waals surface area contributed by atoms with Crippen LogP contribution in [0.2, 0.25) is 10.0 Å². The zero-order valence-electron chi connectivity index (χ0n) is 16.3. The molecule has 0 aliphatic carbocycles. The van der Waals surface area contributed by atoms with E-state index in [0.29, 0.717) is 17.9 Å². The van der Waals surface area contributed by atoms with Crippen molar-refractivity contribution in [1.82, 2.24) is 5.43 Å². The molecule has 156 valence electrons. The normalized spacial score (nSPS) is 10.7. The molecule has 3 rings (SSSR count). The topological polar surface area (TPSA) is 74.5 Å². The second kappa shape index (κ2) is 10.1. The first kappa shape index (κ1) is 22.3. The highest BCUT2D eigenvalue weighted by Crippen LogP contribution is 2.34. The average molecular weight is 456 g/mol. The predicted octanol–water partition coefficient (Wildman–Crippen LogP) is 5.66. The molecule has 0 saturated heterocycles. The Balaban J connectivity index is 1.65. The molecule has 5 nitrogen and oxygen atoms in total. The summed E-state index contributed by atoms with van der Waals surface area (Å²) in [6, 6.07) is 16.4. The highest BCUT2D eigenvalue weighted by molar-refractivity contribution is 6.37. The standard InChI is InChI=1S/C23H16Cl2FN3O2/c1-14-2-4-15(5-3-14)13-31-22-19(24)8-17(9-20(22)25)12-28-29-23(30)18-7-6-16(11-27)10-21(18)26/h2-10,12H,13H2,1H3,(H,29,30)/b28-12-. The van der Waals surface area contributed by atoms with E-state index in [1.807, 2.05) is 31.2 Å². The lowest BCUT2D eigenvalue weighted by atomic mass is 10.1. The zero-order chi connectivity index (χ0) is 22.4. The van der Waals surface area contributed by atoms with Gasteiger partial charge in [-0.3, -0.25) is 4.79 Å². The first-order valence-corrected chi connectivity index (χ1v) is 9.83. The van der Waals surface area contributed by atoms with Crippen LogP contribution in [-0.4, -0.2) is 12.1 Å². The third-order valence-electron chi connectivity index (χ3n) is 4.25. The molecule has 0 radical (unpaired) electrons. The van der Waals surface area contributed by atoms with Gasteiger partial charge in [0.25, 0.3) is 5.91 Å². The van der Waals surface area contributed by atoms with Crippen LogP contribution < -0.4 is 10.2 Å². The fourth-order valence-electron chi connectivity index (χ4n) is 2.63. The molecule has 0 aliphatic rings. The van der Waals surface area contributed by atoms with Gasteiger partial charge in [0.1, 0.15) is 12.4 Å². The molecule has 0 spiro atoms. The van der Waals surface area contributed by atoms with Crippen LogP contribution in [0.3, 0.4) is 0 Å². The molecule has 0 unspecified atom stereocenters. The van der Waals surface area contributed by atoms with E-state index < -0.39 is 11.7 Å². The largest absolute Gasteiger partial charge is 0.486 e. The SMILES string of the molecule is Cc1ccc(COc2c(Cl)cc(/C=N\NC(=O)c3ccc(C#N)cc3F)cc2Cl)cc1. The summed E-state index contributed by atoms with van der Waals surface area (Å²) >= 11 is 12.6. The van der Waals surface area contributed by atoms with Crippen molar-refractivity contribution in [2.24, 2.45) is 5.10 Å². The Hall–Kier alpha value is -3.40. The van der Waals surface area contributed by atoms with Crippen molar-refractivity contribution in [3.63, 3.8) is 0 Å². The van der Waals surface area contributed by atoms with Gasteiger partial charge in [-0.2, -0.15) is 10.4 Å². The Morgan fingerprint density at radius 3 is 2.45 bits per heavy atom. The van der Waals surface area contributed by atoms with Gasteiger partial charge in [-0.05, 0) is 48.4 Å². The molecule has 0 heterocycles. The quantitative estimate of drug-likeness (QED) is 0.385. The molecule has 0 aliphatic heterocycles. The average Bonchev–Trinajstić information content (AvgIpc) is 2.74. The minimum atomic E-state index is -0.812. The molecular formula is C23H16Cl2FN3O2. The zero-order valence-corrected chi connectivity index (χ0v) is 17.8. The highest BCUT2D eigenvalue weighted by atomic mass is 35.5. The van der Waals surface area contributed by atoms with E-state index in [9.17, 15) is 9.18 Å². The lowest BCUT2D eigenvalue weighted by molar-refractivity contribution is 0.0951. The maximum absolute atomic E-state index is 13.9. The van der Waals surface area contributed by atoms with Gasteiger partial charge in [-0.15, -0.1) is 0 Å². The van der Waals surface area contributed by atoms with Crippen molar-refractivity contribution in [2.45, 2.75) is 13.5 Å². The van der Waals surface area contributed by atoms with Crippen LogP contribution in [0.1, 0.15) is 32.6 Å². The molecular weight excluding hydrogens is 440 g/mol. The fourth-order valence-corrected chi connectivity index (χ4v) is 3.24. The Kier molecular flexibility index (Phi) is 7.24. The molecule has 1 N–H and O–H groups in total. The number of amides is 1. The summed E-state index contributed by atoms with van der Waals surface area (Å²) in [6.07, 6.45) is 1.32. The number of hydrazone groups is 1. The lowest BCUT2D eigenvalue weighted by Crippen LogP contribution is -2.19. The van der Waals surface area contributed by atoms with Crippen LogP contribution in [0.15, 0.2) is 59.7 Å². The van der Waals surface area contributed by atoms with E-state index in [1.54, 1.807) is 18.2 Å². The Bertz CT molecular complexity index is 1170. The number of carbonyl (C=O) groups excluding carboxylic acids is 1. The first-order valence-electron chi connectivity index (χ1n) is 9.08. The van der Waals surface area contributed by atoms with Crippen molar-refractivity contribution in [3.05, 3.63) is 98.3 Å². The Morgan fingerprint density at radius 1 is 1.16 bits per heavy atom. The van der Waals surface area contributed by atoms with Gasteiger partial charge < -0.3 is 4.74 Å². The number of rotatable bonds is 6. The molecule has 0 bridgehead atoms. The maximum atomic E-state index is 13.9. The summed E-state index contributed by atoms with van der Waals surface area (Å²) in [6.45, 7) is 2.31. The van der Waals surface area contributed by atoms with Crippen molar-refractivity contribution in [2.75, 3.05) is 0 Å². The number of hydrogen-bond acceptors (Lipinski definition) is 4. The van der Waals surface area contributed by atoms with Gasteiger partial charge >= 0.3 is 0 Å². The van der Waals surface area contributed by atoms with Crippen LogP contribution in [0.5, 0.6) is 5.75 Å². The second-order valence-electron chi connectivity index (χ2n) is 6.59. The van der Waals surface area contributed by atoms with Crippen LogP contribution in [0.25, 0.3) is 0 Å². The molecule has 0 atom stereocenters. The van der Waals surface area contributed by atoms with Crippen molar-refractivity contribution >= 4 is 35.3 Å². The molecule has 0 aromatic heterocycles. The molecule has 0 fully saturated rings. The fraction of sp³-hybridized carbons (Fsp3) is 0.0870. The summed E-state index contributed by atoms with van der Waals surface area (Å²) in [7, 11) is 0. The van der Waals surface area contributed by atoms with E-state index in [1.165, 1.54) is 18.3 Å². The highest BCUT2D eigenvalue weighted by Gasteiger charge is 2.12. The van der Waals surface area contributed by atoms with Gasteiger partial charge in [0.15, 0.2) is 5.75 Å². The summed E-state index contributed by atoms with van der Waals surface area (Å²) < 4.78 is 19.6. The maximum Gasteiger partial charge on any atom is 0.274 e. The van der Waals surface area contributed by atoms with E-state index >= 15 is 0 Å². The summed E-state index contributed by atoms with van der Waals surface area (Å²) in [5.74, 6) is -1.23. The molecule has 8 heteroatoms. The number of aryl methyl sites for hydroxylation is 1. The van der Waals surface area contributed by atoms with Crippen molar-refractivity contribution in [3.8, 4) is 11.8 Å². The summed E-state index contributed by atoms with van der Waals surface area (Å²) in [5.41, 5.74) is 4.74.